The standard InChI is InChI=1S/C23H24FNO4S/c1-14(15-7-4-3-5-8-15)25-22-16(11-21(26)27)9-6-10-18(22)19-12-17(24)13-20(23(19)25)30(2,28)29/h3-5,7-8,12-14,16H,6,9-11H2,1-2H3,(H,26,27)/t14-,16+/m0/s1. The number of fused-ring (bicyclic) bond motifs is 3. The third kappa shape index (κ3) is 3.51. The molecule has 7 heteroatoms. The third-order valence-electron chi connectivity index (χ3n) is 6.03. The van der Waals surface area contributed by atoms with Gasteiger partial charge in [0.15, 0.2) is 9.84 Å². The van der Waals surface area contributed by atoms with E-state index in [1.54, 1.807) is 0 Å². The lowest BCUT2D eigenvalue weighted by molar-refractivity contribution is -0.137. The topological polar surface area (TPSA) is 76.4 Å². The van der Waals surface area contributed by atoms with Gasteiger partial charge in [0.2, 0.25) is 0 Å². The molecule has 1 aliphatic rings. The van der Waals surface area contributed by atoms with E-state index >= 15 is 0 Å². The summed E-state index contributed by atoms with van der Waals surface area (Å²) in [5, 5.41) is 10.0. The van der Waals surface area contributed by atoms with E-state index in [4.69, 9.17) is 0 Å². The average Bonchev–Trinajstić information content (AvgIpc) is 3.01. The van der Waals surface area contributed by atoms with Gasteiger partial charge in [-0.05, 0) is 49.4 Å². The third-order valence-corrected chi connectivity index (χ3v) is 7.14. The van der Waals surface area contributed by atoms with Gasteiger partial charge in [0, 0.05) is 23.3 Å². The zero-order valence-corrected chi connectivity index (χ0v) is 17.7. The first-order valence-electron chi connectivity index (χ1n) is 10.0. The Morgan fingerprint density at radius 2 is 1.97 bits per heavy atom. The fourth-order valence-corrected chi connectivity index (χ4v) is 5.69. The Kier molecular flexibility index (Phi) is 5.18. The molecule has 158 valence electrons. The lowest BCUT2D eigenvalue weighted by atomic mass is 9.84. The van der Waals surface area contributed by atoms with Crippen molar-refractivity contribution < 1.29 is 22.7 Å². The number of carboxylic acid groups (broad SMARTS) is 1. The number of carbonyl (C=O) groups is 1. The molecule has 5 nitrogen and oxygen atoms in total. The van der Waals surface area contributed by atoms with Gasteiger partial charge < -0.3 is 9.67 Å². The minimum absolute atomic E-state index is 0.0402. The van der Waals surface area contributed by atoms with Crippen LogP contribution in [0.1, 0.15) is 55.0 Å². The van der Waals surface area contributed by atoms with Crippen molar-refractivity contribution in [2.24, 2.45) is 0 Å². The van der Waals surface area contributed by atoms with Crippen LogP contribution in [0.2, 0.25) is 0 Å². The molecule has 0 spiro atoms. The summed E-state index contributed by atoms with van der Waals surface area (Å²) in [6.07, 6.45) is 3.20. The fourth-order valence-electron chi connectivity index (χ4n) is 4.80. The fraction of sp³-hybridized carbons (Fsp3) is 0.348. The van der Waals surface area contributed by atoms with Crippen LogP contribution in [-0.2, 0) is 21.1 Å². The van der Waals surface area contributed by atoms with E-state index in [-0.39, 0.29) is 23.3 Å². The number of hydrogen-bond acceptors (Lipinski definition) is 3. The molecule has 0 bridgehead atoms. The molecule has 0 saturated heterocycles. The van der Waals surface area contributed by atoms with E-state index in [0.717, 1.165) is 35.6 Å². The molecule has 0 unspecified atom stereocenters. The van der Waals surface area contributed by atoms with Crippen molar-refractivity contribution in [2.75, 3.05) is 6.26 Å². The summed E-state index contributed by atoms with van der Waals surface area (Å²) >= 11 is 0. The van der Waals surface area contributed by atoms with Crippen LogP contribution in [0.3, 0.4) is 0 Å². The molecule has 0 radical (unpaired) electrons. The molecule has 2 atom stereocenters. The highest BCUT2D eigenvalue weighted by molar-refractivity contribution is 7.91. The SMILES string of the molecule is C[C@@H](c1ccccc1)n1c2c(c3cc(F)cc(S(C)(=O)=O)c31)CCC[C@@H]2CC(=O)O. The van der Waals surface area contributed by atoms with Crippen molar-refractivity contribution in [3.8, 4) is 0 Å². The van der Waals surface area contributed by atoms with Crippen LogP contribution < -0.4 is 0 Å². The number of hydrogen-bond donors (Lipinski definition) is 1. The molecule has 0 fully saturated rings. The highest BCUT2D eigenvalue weighted by Crippen LogP contribution is 2.44. The number of nitrogens with zero attached hydrogens (tertiary/aromatic N) is 1. The summed E-state index contributed by atoms with van der Waals surface area (Å²) in [5.41, 5.74) is 3.14. The van der Waals surface area contributed by atoms with E-state index in [2.05, 4.69) is 0 Å². The largest absolute Gasteiger partial charge is 0.481 e. The molecule has 1 aliphatic carbocycles. The molecule has 1 heterocycles. The van der Waals surface area contributed by atoms with Gasteiger partial charge in [0.1, 0.15) is 5.82 Å². The van der Waals surface area contributed by atoms with Gasteiger partial charge in [0.25, 0.3) is 0 Å². The summed E-state index contributed by atoms with van der Waals surface area (Å²) in [4.78, 5) is 11.5. The average molecular weight is 430 g/mol. The highest BCUT2D eigenvalue weighted by Gasteiger charge is 2.33. The number of aryl methyl sites for hydroxylation is 1. The molecule has 0 aliphatic heterocycles. The van der Waals surface area contributed by atoms with Crippen LogP contribution in [0.4, 0.5) is 4.39 Å². The van der Waals surface area contributed by atoms with E-state index in [1.807, 2.05) is 41.8 Å². The number of carboxylic acids is 1. The van der Waals surface area contributed by atoms with Crippen molar-refractivity contribution in [2.45, 2.75) is 49.5 Å². The first-order valence-corrected chi connectivity index (χ1v) is 11.9. The normalized spacial score (nSPS) is 17.6. The summed E-state index contributed by atoms with van der Waals surface area (Å²) in [7, 11) is -3.71. The number of rotatable bonds is 5. The Morgan fingerprint density at radius 1 is 1.27 bits per heavy atom. The van der Waals surface area contributed by atoms with Crippen molar-refractivity contribution in [1.29, 1.82) is 0 Å². The maximum absolute atomic E-state index is 14.5. The number of aliphatic carboxylic acids is 1. The van der Waals surface area contributed by atoms with Gasteiger partial charge in [-0.1, -0.05) is 30.3 Å². The van der Waals surface area contributed by atoms with Crippen molar-refractivity contribution in [3.63, 3.8) is 0 Å². The second-order valence-corrected chi connectivity index (χ2v) is 10.1. The van der Waals surface area contributed by atoms with Crippen molar-refractivity contribution in [3.05, 3.63) is 65.1 Å². The minimum Gasteiger partial charge on any atom is -0.481 e. The summed E-state index contributed by atoms with van der Waals surface area (Å²) in [6, 6.07) is 11.9. The number of sulfone groups is 1. The van der Waals surface area contributed by atoms with Crippen LogP contribution in [0.15, 0.2) is 47.4 Å². The number of aromatic nitrogens is 1. The smallest absolute Gasteiger partial charge is 0.304 e. The van der Waals surface area contributed by atoms with Crippen LogP contribution in [-0.4, -0.2) is 30.3 Å². The number of halogens is 1. The quantitative estimate of drug-likeness (QED) is 0.638. The molecule has 0 amide bonds. The second kappa shape index (κ2) is 7.54. The molecule has 4 rings (SSSR count). The first kappa shape index (κ1) is 20.6. The molecular weight excluding hydrogens is 405 g/mol. The van der Waals surface area contributed by atoms with Crippen LogP contribution in [0, 0.1) is 5.82 Å². The second-order valence-electron chi connectivity index (χ2n) is 8.08. The highest BCUT2D eigenvalue weighted by atomic mass is 32.2. The van der Waals surface area contributed by atoms with Gasteiger partial charge in [-0.15, -0.1) is 0 Å². The first-order chi connectivity index (χ1) is 14.2. The van der Waals surface area contributed by atoms with E-state index in [0.29, 0.717) is 23.7 Å². The number of benzene rings is 2. The van der Waals surface area contributed by atoms with Crippen LogP contribution in [0.25, 0.3) is 10.9 Å². The van der Waals surface area contributed by atoms with Gasteiger partial charge >= 0.3 is 5.97 Å². The summed E-state index contributed by atoms with van der Waals surface area (Å²) < 4.78 is 41.6. The maximum atomic E-state index is 14.5. The van der Waals surface area contributed by atoms with Crippen molar-refractivity contribution >= 4 is 26.7 Å². The molecule has 3 aromatic rings. The predicted octanol–water partition coefficient (Wildman–Crippen LogP) is 4.69. The monoisotopic (exact) mass is 429 g/mol. The van der Waals surface area contributed by atoms with E-state index in [1.165, 1.54) is 6.07 Å². The lowest BCUT2D eigenvalue weighted by Crippen LogP contribution is -2.20. The zero-order valence-electron chi connectivity index (χ0n) is 16.9. The Balaban J connectivity index is 2.12. The zero-order chi connectivity index (χ0) is 21.6. The van der Waals surface area contributed by atoms with E-state index < -0.39 is 21.6 Å². The minimum atomic E-state index is -3.71. The summed E-state index contributed by atoms with van der Waals surface area (Å²) in [6.45, 7) is 1.97. The van der Waals surface area contributed by atoms with Crippen molar-refractivity contribution in [1.82, 2.24) is 4.57 Å². The van der Waals surface area contributed by atoms with E-state index in [9.17, 15) is 22.7 Å². The predicted molar refractivity (Wildman–Crippen MR) is 113 cm³/mol. The Bertz CT molecular complexity index is 1230. The Morgan fingerprint density at radius 3 is 2.60 bits per heavy atom. The summed E-state index contributed by atoms with van der Waals surface area (Å²) in [5.74, 6) is -1.75. The molecular formula is C23H24FNO4S. The Labute approximate surface area is 175 Å². The maximum Gasteiger partial charge on any atom is 0.304 e. The molecule has 2 aromatic carbocycles. The molecule has 30 heavy (non-hydrogen) atoms. The molecule has 1 aromatic heterocycles. The molecule has 1 N–H and O–H groups in total. The van der Waals surface area contributed by atoms with Crippen LogP contribution >= 0.6 is 0 Å². The van der Waals surface area contributed by atoms with Gasteiger partial charge in [-0.25, -0.2) is 12.8 Å². The Hall–Kier alpha value is -2.67. The molecule has 0 saturated carbocycles. The lowest BCUT2D eigenvalue weighted by Gasteiger charge is -2.28. The van der Waals surface area contributed by atoms with Crippen LogP contribution in [0.5, 0.6) is 0 Å². The van der Waals surface area contributed by atoms with Gasteiger partial charge in [0.05, 0.1) is 22.9 Å². The van der Waals surface area contributed by atoms with Gasteiger partial charge in [-0.2, -0.15) is 0 Å². The van der Waals surface area contributed by atoms with Gasteiger partial charge in [-0.3, -0.25) is 4.79 Å².